The summed E-state index contributed by atoms with van der Waals surface area (Å²) in [6.45, 7) is 5.08. The average molecular weight is 351 g/mol. The third-order valence-electron chi connectivity index (χ3n) is 5.53. The number of hydrogen-bond acceptors (Lipinski definition) is 4. The van der Waals surface area contributed by atoms with Gasteiger partial charge in [-0.1, -0.05) is 23.8 Å². The van der Waals surface area contributed by atoms with Gasteiger partial charge in [-0.25, -0.2) is 4.98 Å². The van der Waals surface area contributed by atoms with Crippen molar-refractivity contribution in [1.29, 1.82) is 0 Å². The maximum Gasteiger partial charge on any atom is 0.254 e. The molecular formula is C21H25N3O2. The van der Waals surface area contributed by atoms with Crippen LogP contribution in [0.5, 0.6) is 0 Å². The van der Waals surface area contributed by atoms with E-state index in [-0.39, 0.29) is 11.5 Å². The van der Waals surface area contributed by atoms with Gasteiger partial charge >= 0.3 is 0 Å². The summed E-state index contributed by atoms with van der Waals surface area (Å²) in [7, 11) is 0. The van der Waals surface area contributed by atoms with Gasteiger partial charge in [0.25, 0.3) is 5.91 Å². The molecule has 0 saturated carbocycles. The first-order chi connectivity index (χ1) is 12.7. The quantitative estimate of drug-likeness (QED) is 0.899. The lowest BCUT2D eigenvalue weighted by Crippen LogP contribution is -2.66. The number of carbonyl (C=O) groups excluding carboxylic acids is 1. The van der Waals surface area contributed by atoms with E-state index >= 15 is 0 Å². The number of aromatic nitrogens is 1. The molecule has 1 aromatic heterocycles. The molecule has 2 aromatic rings. The number of ether oxygens (including phenoxy) is 1. The molecule has 1 atom stereocenters. The van der Waals surface area contributed by atoms with Gasteiger partial charge in [-0.2, -0.15) is 0 Å². The van der Waals surface area contributed by atoms with Gasteiger partial charge in [-0.05, 0) is 49.9 Å². The molecule has 1 amide bonds. The minimum absolute atomic E-state index is 0.111. The second kappa shape index (κ2) is 7.08. The lowest BCUT2D eigenvalue weighted by atomic mass is 9.78. The summed E-state index contributed by atoms with van der Waals surface area (Å²) < 4.78 is 6.09. The van der Waals surface area contributed by atoms with Crippen molar-refractivity contribution in [2.45, 2.75) is 25.4 Å². The van der Waals surface area contributed by atoms with Crippen molar-refractivity contribution in [3.05, 3.63) is 59.8 Å². The van der Waals surface area contributed by atoms with E-state index in [1.54, 1.807) is 6.20 Å². The lowest BCUT2D eigenvalue weighted by Gasteiger charge is -2.50. The van der Waals surface area contributed by atoms with E-state index in [2.05, 4.69) is 10.3 Å². The Labute approximate surface area is 154 Å². The molecule has 1 spiro atoms. The molecule has 2 aliphatic rings. The van der Waals surface area contributed by atoms with Gasteiger partial charge in [0, 0.05) is 24.9 Å². The molecule has 26 heavy (non-hydrogen) atoms. The summed E-state index contributed by atoms with van der Waals surface area (Å²) in [5.74, 6) is 1.51. The molecule has 0 unspecified atom stereocenters. The average Bonchev–Trinajstić information content (AvgIpc) is 3.05. The number of carbonyl (C=O) groups is 1. The summed E-state index contributed by atoms with van der Waals surface area (Å²) in [6.07, 6.45) is 3.89. The highest BCUT2D eigenvalue weighted by Gasteiger charge is 2.54. The molecule has 2 aliphatic heterocycles. The topological polar surface area (TPSA) is 54.5 Å². The normalized spacial score (nSPS) is 20.8. The highest BCUT2D eigenvalue weighted by molar-refractivity contribution is 5.95. The fraction of sp³-hybridized carbons (Fsp3) is 0.429. The summed E-state index contributed by atoms with van der Waals surface area (Å²) in [5, 5.41) is 3.38. The molecular weight excluding hydrogens is 326 g/mol. The monoisotopic (exact) mass is 351 g/mol. The van der Waals surface area contributed by atoms with Crippen LogP contribution in [-0.2, 0) is 4.74 Å². The number of likely N-dealkylation sites (tertiary alicyclic amines) is 1. The van der Waals surface area contributed by atoms with Crippen LogP contribution in [0.1, 0.15) is 28.8 Å². The van der Waals surface area contributed by atoms with E-state index in [0.29, 0.717) is 19.0 Å². The van der Waals surface area contributed by atoms with Crippen molar-refractivity contribution in [2.75, 3.05) is 31.6 Å². The van der Waals surface area contributed by atoms with Gasteiger partial charge in [0.2, 0.25) is 0 Å². The Morgan fingerprint density at radius 1 is 1.31 bits per heavy atom. The van der Waals surface area contributed by atoms with Crippen molar-refractivity contribution in [2.24, 2.45) is 5.92 Å². The van der Waals surface area contributed by atoms with E-state index in [0.717, 1.165) is 42.9 Å². The van der Waals surface area contributed by atoms with Gasteiger partial charge < -0.3 is 15.0 Å². The van der Waals surface area contributed by atoms with Crippen molar-refractivity contribution in [3.8, 4) is 0 Å². The summed E-state index contributed by atoms with van der Waals surface area (Å²) in [4.78, 5) is 18.9. The van der Waals surface area contributed by atoms with E-state index in [1.165, 1.54) is 0 Å². The van der Waals surface area contributed by atoms with Crippen LogP contribution in [-0.4, -0.2) is 47.6 Å². The lowest BCUT2D eigenvalue weighted by molar-refractivity contribution is -0.117. The number of nitrogens with one attached hydrogen (secondary N) is 1. The van der Waals surface area contributed by atoms with Crippen LogP contribution in [0.2, 0.25) is 0 Å². The predicted octanol–water partition coefficient (Wildman–Crippen LogP) is 3.12. The van der Waals surface area contributed by atoms with E-state index in [9.17, 15) is 4.79 Å². The first kappa shape index (κ1) is 17.0. The Morgan fingerprint density at radius 3 is 2.96 bits per heavy atom. The fourth-order valence-electron chi connectivity index (χ4n) is 4.09. The molecule has 2 fully saturated rings. The smallest absolute Gasteiger partial charge is 0.254 e. The number of nitrogens with zero attached hydrogens (tertiary/aromatic N) is 2. The molecule has 0 radical (unpaired) electrons. The molecule has 5 nitrogen and oxygen atoms in total. The van der Waals surface area contributed by atoms with Crippen molar-refractivity contribution >= 4 is 11.7 Å². The minimum Gasteiger partial charge on any atom is -0.371 e. The molecule has 0 aliphatic carbocycles. The van der Waals surface area contributed by atoms with Crippen molar-refractivity contribution in [3.63, 3.8) is 0 Å². The summed E-state index contributed by atoms with van der Waals surface area (Å²) in [5.41, 5.74) is 1.73. The number of pyridine rings is 1. The van der Waals surface area contributed by atoms with Crippen molar-refractivity contribution in [1.82, 2.24) is 9.88 Å². The Kier molecular flexibility index (Phi) is 4.64. The van der Waals surface area contributed by atoms with Gasteiger partial charge in [-0.3, -0.25) is 4.79 Å². The first-order valence-corrected chi connectivity index (χ1v) is 9.31. The fourth-order valence-corrected chi connectivity index (χ4v) is 4.09. The Bertz CT molecular complexity index is 772. The van der Waals surface area contributed by atoms with Crippen LogP contribution in [0.25, 0.3) is 0 Å². The van der Waals surface area contributed by atoms with E-state index in [1.807, 2.05) is 54.3 Å². The third-order valence-corrected chi connectivity index (χ3v) is 5.53. The van der Waals surface area contributed by atoms with Crippen LogP contribution < -0.4 is 5.32 Å². The van der Waals surface area contributed by atoms with E-state index in [4.69, 9.17) is 4.74 Å². The van der Waals surface area contributed by atoms with Crippen LogP contribution >= 0.6 is 0 Å². The van der Waals surface area contributed by atoms with E-state index < -0.39 is 0 Å². The number of hydrogen-bond donors (Lipinski definition) is 1. The van der Waals surface area contributed by atoms with Crippen molar-refractivity contribution < 1.29 is 9.53 Å². The zero-order valence-corrected chi connectivity index (χ0v) is 15.1. The molecule has 2 saturated heterocycles. The number of amides is 1. The van der Waals surface area contributed by atoms with Crippen LogP contribution in [0, 0.1) is 12.8 Å². The summed E-state index contributed by atoms with van der Waals surface area (Å²) in [6, 6.07) is 13.7. The second-order valence-corrected chi connectivity index (χ2v) is 7.36. The Morgan fingerprint density at radius 2 is 2.19 bits per heavy atom. The van der Waals surface area contributed by atoms with Gasteiger partial charge in [0.05, 0.1) is 13.1 Å². The molecule has 3 heterocycles. The maximum absolute atomic E-state index is 12.7. The Hall–Kier alpha value is -2.40. The Balaban J connectivity index is 1.32. The SMILES string of the molecule is Cc1cccc(C(=O)N2CC3(C2)OCC[C@@H]3CCNc2ccccn2)c1. The third kappa shape index (κ3) is 3.31. The van der Waals surface area contributed by atoms with Gasteiger partial charge in [-0.15, -0.1) is 0 Å². The molecule has 4 rings (SSSR count). The largest absolute Gasteiger partial charge is 0.371 e. The standard InChI is InChI=1S/C21H25N3O2/c1-16-5-4-6-17(13-16)20(25)24-14-21(15-24)18(9-12-26-21)8-11-23-19-7-2-3-10-22-19/h2-7,10,13,18H,8-9,11-12,14-15H2,1H3,(H,22,23)/t18-/m0/s1. The van der Waals surface area contributed by atoms with Crippen LogP contribution in [0.3, 0.4) is 0 Å². The molecule has 136 valence electrons. The maximum atomic E-state index is 12.7. The summed E-state index contributed by atoms with van der Waals surface area (Å²) >= 11 is 0. The minimum atomic E-state index is -0.148. The highest BCUT2D eigenvalue weighted by atomic mass is 16.5. The number of rotatable bonds is 5. The van der Waals surface area contributed by atoms with Gasteiger partial charge in [0.1, 0.15) is 11.4 Å². The molecule has 0 bridgehead atoms. The first-order valence-electron chi connectivity index (χ1n) is 9.31. The van der Waals surface area contributed by atoms with Crippen LogP contribution in [0.4, 0.5) is 5.82 Å². The zero-order valence-electron chi connectivity index (χ0n) is 15.1. The highest BCUT2D eigenvalue weighted by Crippen LogP contribution is 2.42. The number of anilines is 1. The van der Waals surface area contributed by atoms with Crippen LogP contribution in [0.15, 0.2) is 48.7 Å². The molecule has 1 aromatic carbocycles. The zero-order chi connectivity index (χ0) is 18.0. The predicted molar refractivity (Wildman–Crippen MR) is 101 cm³/mol. The molecule has 5 heteroatoms. The molecule has 1 N–H and O–H groups in total. The number of aryl methyl sites for hydroxylation is 1. The van der Waals surface area contributed by atoms with Gasteiger partial charge in [0.15, 0.2) is 0 Å². The second-order valence-electron chi connectivity index (χ2n) is 7.36. The number of benzene rings is 1.